The van der Waals surface area contributed by atoms with Crippen molar-refractivity contribution in [2.45, 2.75) is 25.3 Å². The maximum absolute atomic E-state index is 13.0. The van der Waals surface area contributed by atoms with Crippen molar-refractivity contribution in [3.05, 3.63) is 91.4 Å². The van der Waals surface area contributed by atoms with E-state index in [1.165, 1.54) is 29.6 Å². The molecule has 1 aliphatic carbocycles. The maximum atomic E-state index is 13.0. The SMILES string of the molecule is CNC(=O)c1c(-c2ccc(Cl)cc2)oc2cc(N(Cc3ccc([N+](=O)[O-])c(Cl)c3)S(=O)O)c(C3CC3)cc12. The zero-order valence-electron chi connectivity index (χ0n) is 19.9. The van der Waals surface area contributed by atoms with Crippen molar-refractivity contribution in [3.63, 3.8) is 0 Å². The molecule has 1 aliphatic rings. The molecule has 3 aromatic carbocycles. The first-order valence-corrected chi connectivity index (χ1v) is 13.4. The lowest BCUT2D eigenvalue weighted by Gasteiger charge is -2.23. The third-order valence-electron chi connectivity index (χ3n) is 6.41. The van der Waals surface area contributed by atoms with Crippen molar-refractivity contribution in [1.29, 1.82) is 0 Å². The molecule has 9 nitrogen and oxygen atoms in total. The van der Waals surface area contributed by atoms with Crippen LogP contribution in [-0.4, -0.2) is 26.6 Å². The van der Waals surface area contributed by atoms with E-state index in [0.29, 0.717) is 44.1 Å². The van der Waals surface area contributed by atoms with Gasteiger partial charge in [0.05, 0.1) is 22.7 Å². The normalized spacial score (nSPS) is 13.9. The van der Waals surface area contributed by atoms with Crippen molar-refractivity contribution in [2.24, 2.45) is 0 Å². The Labute approximate surface area is 229 Å². The lowest BCUT2D eigenvalue weighted by atomic mass is 10.00. The molecule has 0 spiro atoms. The molecule has 1 atom stereocenters. The number of hydrogen-bond donors (Lipinski definition) is 2. The Kier molecular flexibility index (Phi) is 7.15. The Hall–Kier alpha value is -3.44. The van der Waals surface area contributed by atoms with Crippen LogP contribution in [0.5, 0.6) is 0 Å². The summed E-state index contributed by atoms with van der Waals surface area (Å²) in [4.78, 5) is 23.5. The van der Waals surface area contributed by atoms with Crippen LogP contribution in [-0.2, 0) is 17.8 Å². The molecule has 2 N–H and O–H groups in total. The van der Waals surface area contributed by atoms with E-state index in [0.717, 1.165) is 18.4 Å². The second kappa shape index (κ2) is 10.4. The molecule has 38 heavy (non-hydrogen) atoms. The van der Waals surface area contributed by atoms with Crippen molar-refractivity contribution < 1.29 is 22.9 Å². The quantitative estimate of drug-likeness (QED) is 0.137. The number of nitro benzene ring substituents is 1. The van der Waals surface area contributed by atoms with E-state index in [-0.39, 0.29) is 29.1 Å². The Bertz CT molecular complexity index is 1600. The standard InChI is InChI=1S/C26H21Cl2N3O6S/c1-29-26(32)24-19-11-18(15-3-4-15)22(12-23(19)37-25(24)16-5-7-17(27)8-6-16)30(38(35)36)13-14-2-9-21(31(33)34)20(28)10-14/h2,5-12,15H,3-4,13H2,1H3,(H,29,32)(H,35,36). The summed E-state index contributed by atoms with van der Waals surface area (Å²) in [6.45, 7) is -0.0426. The van der Waals surface area contributed by atoms with Gasteiger partial charge in [0.15, 0.2) is 0 Å². The van der Waals surface area contributed by atoms with Crippen molar-refractivity contribution >= 4 is 62.7 Å². The van der Waals surface area contributed by atoms with Gasteiger partial charge in [-0.05, 0) is 66.3 Å². The van der Waals surface area contributed by atoms with Crippen molar-refractivity contribution in [3.8, 4) is 11.3 Å². The van der Waals surface area contributed by atoms with Gasteiger partial charge in [0.2, 0.25) is 0 Å². The molecular weight excluding hydrogens is 553 g/mol. The minimum atomic E-state index is -2.44. The molecule has 0 radical (unpaired) electrons. The van der Waals surface area contributed by atoms with Gasteiger partial charge in [-0.3, -0.25) is 23.8 Å². The molecule has 1 fully saturated rings. The minimum absolute atomic E-state index is 0.0426. The monoisotopic (exact) mass is 573 g/mol. The second-order valence-corrected chi connectivity index (χ2v) is 10.6. The highest BCUT2D eigenvalue weighted by Crippen LogP contribution is 2.48. The van der Waals surface area contributed by atoms with Crippen LogP contribution in [0.1, 0.15) is 40.2 Å². The molecular formula is C26H21Cl2N3O6S. The van der Waals surface area contributed by atoms with E-state index in [9.17, 15) is 23.7 Å². The van der Waals surface area contributed by atoms with E-state index in [1.54, 1.807) is 30.3 Å². The number of carbonyl (C=O) groups is 1. The minimum Gasteiger partial charge on any atom is -0.455 e. The summed E-state index contributed by atoms with van der Waals surface area (Å²) < 4.78 is 30.3. The highest BCUT2D eigenvalue weighted by Gasteiger charge is 2.32. The van der Waals surface area contributed by atoms with Gasteiger partial charge < -0.3 is 9.73 Å². The Morgan fingerprint density at radius 2 is 1.89 bits per heavy atom. The van der Waals surface area contributed by atoms with Crippen LogP contribution < -0.4 is 9.62 Å². The third-order valence-corrected chi connectivity index (χ3v) is 7.66. The van der Waals surface area contributed by atoms with Crippen molar-refractivity contribution in [1.82, 2.24) is 5.32 Å². The molecule has 1 aromatic heterocycles. The zero-order chi connectivity index (χ0) is 27.1. The molecule has 4 aromatic rings. The zero-order valence-corrected chi connectivity index (χ0v) is 22.3. The maximum Gasteiger partial charge on any atom is 0.287 e. The van der Waals surface area contributed by atoms with Gasteiger partial charge in [0.25, 0.3) is 22.9 Å². The molecule has 1 unspecified atom stereocenters. The number of hydrogen-bond acceptors (Lipinski definition) is 5. The van der Waals surface area contributed by atoms with Crippen LogP contribution in [0.25, 0.3) is 22.3 Å². The third kappa shape index (κ3) is 5.00. The summed E-state index contributed by atoms with van der Waals surface area (Å²) in [5.41, 5.74) is 2.91. The molecule has 5 rings (SSSR count). The number of fused-ring (bicyclic) bond motifs is 1. The Morgan fingerprint density at radius 1 is 1.18 bits per heavy atom. The van der Waals surface area contributed by atoms with Gasteiger partial charge in [-0.15, -0.1) is 0 Å². The molecule has 1 amide bonds. The average molecular weight is 574 g/mol. The van der Waals surface area contributed by atoms with Crippen LogP contribution in [0, 0.1) is 10.1 Å². The first-order chi connectivity index (χ1) is 18.2. The number of amides is 1. The molecule has 1 saturated carbocycles. The number of nitro groups is 1. The van der Waals surface area contributed by atoms with E-state index in [2.05, 4.69) is 5.32 Å². The molecule has 1 heterocycles. The lowest BCUT2D eigenvalue weighted by molar-refractivity contribution is -0.384. The molecule has 0 saturated heterocycles. The fourth-order valence-corrected chi connectivity index (χ4v) is 5.41. The van der Waals surface area contributed by atoms with Gasteiger partial charge in [-0.1, -0.05) is 29.3 Å². The fraction of sp³-hybridized carbons (Fsp3) is 0.192. The summed E-state index contributed by atoms with van der Waals surface area (Å²) in [5, 5.41) is 14.9. The summed E-state index contributed by atoms with van der Waals surface area (Å²) >= 11 is 9.68. The first kappa shape index (κ1) is 26.2. The van der Waals surface area contributed by atoms with E-state index in [4.69, 9.17) is 27.6 Å². The number of nitrogens with one attached hydrogen (secondary N) is 1. The molecule has 0 bridgehead atoms. The molecule has 12 heteroatoms. The number of anilines is 1. The van der Waals surface area contributed by atoms with Crippen LogP contribution in [0.2, 0.25) is 10.0 Å². The summed E-state index contributed by atoms with van der Waals surface area (Å²) in [6.07, 6.45) is 1.79. The number of furan rings is 1. The average Bonchev–Trinajstić information content (AvgIpc) is 3.66. The van der Waals surface area contributed by atoms with Gasteiger partial charge in [0.1, 0.15) is 16.4 Å². The van der Waals surface area contributed by atoms with Crippen LogP contribution in [0.3, 0.4) is 0 Å². The summed E-state index contributed by atoms with van der Waals surface area (Å²) in [7, 11) is 1.54. The molecule has 196 valence electrons. The van der Waals surface area contributed by atoms with Crippen LogP contribution in [0.15, 0.2) is 59.0 Å². The lowest BCUT2D eigenvalue weighted by Crippen LogP contribution is -2.25. The number of benzene rings is 3. The Morgan fingerprint density at radius 3 is 2.47 bits per heavy atom. The van der Waals surface area contributed by atoms with E-state index < -0.39 is 16.2 Å². The predicted octanol–water partition coefficient (Wildman–Crippen LogP) is 6.70. The van der Waals surface area contributed by atoms with Gasteiger partial charge in [0, 0.05) is 35.2 Å². The second-order valence-electron chi connectivity index (χ2n) is 8.88. The largest absolute Gasteiger partial charge is 0.455 e. The Balaban J connectivity index is 1.66. The van der Waals surface area contributed by atoms with Gasteiger partial charge in [-0.2, -0.15) is 0 Å². The molecule has 0 aliphatic heterocycles. The van der Waals surface area contributed by atoms with E-state index >= 15 is 0 Å². The fourth-order valence-electron chi connectivity index (χ4n) is 4.43. The number of rotatable bonds is 8. The van der Waals surface area contributed by atoms with Gasteiger partial charge in [-0.25, -0.2) is 4.21 Å². The van der Waals surface area contributed by atoms with Gasteiger partial charge >= 0.3 is 0 Å². The number of carbonyl (C=O) groups excluding carboxylic acids is 1. The number of nitrogens with zero attached hydrogens (tertiary/aromatic N) is 2. The first-order valence-electron chi connectivity index (χ1n) is 11.6. The highest BCUT2D eigenvalue weighted by atomic mass is 35.5. The van der Waals surface area contributed by atoms with Crippen LogP contribution in [0.4, 0.5) is 11.4 Å². The van der Waals surface area contributed by atoms with Crippen molar-refractivity contribution in [2.75, 3.05) is 11.4 Å². The highest BCUT2D eigenvalue weighted by molar-refractivity contribution is 7.80. The summed E-state index contributed by atoms with van der Waals surface area (Å²) in [6, 6.07) is 14.6. The predicted molar refractivity (Wildman–Crippen MR) is 147 cm³/mol. The van der Waals surface area contributed by atoms with E-state index in [1.807, 2.05) is 6.07 Å². The smallest absolute Gasteiger partial charge is 0.287 e. The summed E-state index contributed by atoms with van der Waals surface area (Å²) in [5.74, 6) is 0.173. The number of halogens is 2. The van der Waals surface area contributed by atoms with Crippen LogP contribution >= 0.6 is 23.2 Å². The topological polar surface area (TPSA) is 126 Å².